The van der Waals surface area contributed by atoms with Gasteiger partial charge in [0.05, 0.1) is 0 Å². The van der Waals surface area contributed by atoms with Crippen LogP contribution in [0.25, 0.3) is 11.4 Å². The zero-order valence-corrected chi connectivity index (χ0v) is 12.4. The average molecular weight is 317 g/mol. The average Bonchev–Trinajstić information content (AvgIpc) is 2.37. The first-order valence-electron chi connectivity index (χ1n) is 6.01. The quantitative estimate of drug-likeness (QED) is 0.697. The molecule has 0 N–H and O–H groups in total. The van der Waals surface area contributed by atoms with Crippen LogP contribution in [0, 0.1) is 0 Å². The normalized spacial score (nSPS) is 11.4. The molecule has 106 valence electrons. The van der Waals surface area contributed by atoms with Crippen molar-refractivity contribution < 1.29 is 8.78 Å². The van der Waals surface area contributed by atoms with Crippen molar-refractivity contribution in [1.29, 1.82) is 0 Å². The number of alkyl halides is 2. The summed E-state index contributed by atoms with van der Waals surface area (Å²) < 4.78 is 25.0. The molecule has 1 aromatic carbocycles. The van der Waals surface area contributed by atoms with Crippen molar-refractivity contribution in [2.24, 2.45) is 0 Å². The predicted octanol–water partition coefficient (Wildman–Crippen LogP) is 5.51. The maximum atomic E-state index is 12.5. The second-order valence-corrected chi connectivity index (χ2v) is 5.34. The van der Waals surface area contributed by atoms with Crippen molar-refractivity contribution in [1.82, 2.24) is 9.97 Å². The molecule has 0 amide bonds. The molecule has 0 fully saturated rings. The largest absolute Gasteiger partial charge is 0.263 e. The van der Waals surface area contributed by atoms with Gasteiger partial charge >= 0.3 is 0 Å². The van der Waals surface area contributed by atoms with Crippen LogP contribution in [0.3, 0.4) is 0 Å². The molecular weight excluding hydrogens is 305 g/mol. The molecule has 0 saturated carbocycles. The van der Waals surface area contributed by atoms with E-state index >= 15 is 0 Å². The first-order chi connectivity index (χ1) is 9.40. The summed E-state index contributed by atoms with van der Waals surface area (Å²) in [6.45, 7) is 3.88. The molecule has 2 nitrogen and oxygen atoms in total. The van der Waals surface area contributed by atoms with Crippen LogP contribution >= 0.6 is 23.2 Å². The maximum Gasteiger partial charge on any atom is 0.263 e. The van der Waals surface area contributed by atoms with E-state index in [1.54, 1.807) is 0 Å². The van der Waals surface area contributed by atoms with E-state index in [2.05, 4.69) is 9.97 Å². The number of benzene rings is 1. The second-order valence-electron chi connectivity index (χ2n) is 4.62. The van der Waals surface area contributed by atoms with Gasteiger partial charge in [-0.15, -0.1) is 0 Å². The Labute approximate surface area is 125 Å². The Balaban J connectivity index is 2.43. The van der Waals surface area contributed by atoms with Crippen molar-refractivity contribution in [3.8, 4) is 11.4 Å². The third-order valence-corrected chi connectivity index (χ3v) is 3.43. The molecule has 0 saturated heterocycles. The highest BCUT2D eigenvalue weighted by Gasteiger charge is 2.16. The standard InChI is InChI=1S/C14H12Cl2F2N2/c1-7(2)10-11(15)19-14(20-12(10)16)9-5-3-8(4-6-9)13(17)18/h3-7,13H,1-2H3. The fraction of sp³-hybridized carbons (Fsp3) is 0.286. The van der Waals surface area contributed by atoms with E-state index in [-0.39, 0.29) is 21.8 Å². The number of hydrogen-bond acceptors (Lipinski definition) is 2. The van der Waals surface area contributed by atoms with Gasteiger partial charge in [0.2, 0.25) is 0 Å². The summed E-state index contributed by atoms with van der Waals surface area (Å²) in [7, 11) is 0. The van der Waals surface area contributed by atoms with Crippen molar-refractivity contribution in [2.75, 3.05) is 0 Å². The summed E-state index contributed by atoms with van der Waals surface area (Å²) in [5.74, 6) is 0.426. The monoisotopic (exact) mass is 316 g/mol. The van der Waals surface area contributed by atoms with Gasteiger partial charge in [0.1, 0.15) is 10.3 Å². The molecule has 0 aliphatic rings. The Morgan fingerprint density at radius 2 is 1.45 bits per heavy atom. The maximum absolute atomic E-state index is 12.5. The molecule has 0 radical (unpaired) electrons. The highest BCUT2D eigenvalue weighted by molar-refractivity contribution is 6.34. The lowest BCUT2D eigenvalue weighted by Gasteiger charge is -2.11. The van der Waals surface area contributed by atoms with Crippen LogP contribution in [0.5, 0.6) is 0 Å². The Morgan fingerprint density at radius 3 is 1.85 bits per heavy atom. The molecular formula is C14H12Cl2F2N2. The number of aromatic nitrogens is 2. The van der Waals surface area contributed by atoms with Crippen molar-refractivity contribution >= 4 is 23.2 Å². The number of hydrogen-bond donors (Lipinski definition) is 0. The molecule has 0 aliphatic heterocycles. The van der Waals surface area contributed by atoms with E-state index < -0.39 is 6.43 Å². The van der Waals surface area contributed by atoms with Crippen LogP contribution < -0.4 is 0 Å². The Bertz CT molecular complexity index is 590. The molecule has 0 unspecified atom stereocenters. The topological polar surface area (TPSA) is 25.8 Å². The third kappa shape index (κ3) is 3.07. The molecule has 6 heteroatoms. The van der Waals surface area contributed by atoms with Gasteiger partial charge in [-0.1, -0.05) is 61.3 Å². The van der Waals surface area contributed by atoms with E-state index in [9.17, 15) is 8.78 Å². The van der Waals surface area contributed by atoms with Gasteiger partial charge in [0, 0.05) is 16.7 Å². The lowest BCUT2D eigenvalue weighted by Crippen LogP contribution is -1.99. The second kappa shape index (κ2) is 6.02. The van der Waals surface area contributed by atoms with E-state index in [0.717, 1.165) is 0 Å². The van der Waals surface area contributed by atoms with Gasteiger partial charge in [-0.05, 0) is 5.92 Å². The van der Waals surface area contributed by atoms with Crippen LogP contribution in [0.1, 0.15) is 37.3 Å². The lowest BCUT2D eigenvalue weighted by atomic mass is 10.1. The molecule has 0 spiro atoms. The fourth-order valence-electron chi connectivity index (χ4n) is 1.80. The SMILES string of the molecule is CC(C)c1c(Cl)nc(-c2ccc(C(F)F)cc2)nc1Cl. The van der Waals surface area contributed by atoms with Crippen LogP contribution in [0.2, 0.25) is 10.3 Å². The van der Waals surface area contributed by atoms with Gasteiger partial charge < -0.3 is 0 Å². The zero-order valence-electron chi connectivity index (χ0n) is 10.9. The van der Waals surface area contributed by atoms with Gasteiger partial charge in [-0.25, -0.2) is 18.7 Å². The molecule has 0 bridgehead atoms. The summed E-state index contributed by atoms with van der Waals surface area (Å²) >= 11 is 12.2. The van der Waals surface area contributed by atoms with Crippen LogP contribution in [-0.2, 0) is 0 Å². The molecule has 1 aromatic heterocycles. The molecule has 1 heterocycles. The molecule has 0 aliphatic carbocycles. The van der Waals surface area contributed by atoms with Crippen LogP contribution in [-0.4, -0.2) is 9.97 Å². The van der Waals surface area contributed by atoms with E-state index in [0.29, 0.717) is 17.0 Å². The Hall–Kier alpha value is -1.26. The van der Waals surface area contributed by atoms with Gasteiger partial charge in [0.15, 0.2) is 5.82 Å². The summed E-state index contributed by atoms with van der Waals surface area (Å²) in [6, 6.07) is 5.72. The van der Waals surface area contributed by atoms with Crippen LogP contribution in [0.4, 0.5) is 8.78 Å². The first-order valence-corrected chi connectivity index (χ1v) is 6.77. The minimum absolute atomic E-state index is 0.0512. The fourth-order valence-corrected chi connectivity index (χ4v) is 2.62. The zero-order chi connectivity index (χ0) is 14.9. The number of halogens is 4. The number of rotatable bonds is 3. The third-order valence-electron chi connectivity index (χ3n) is 2.85. The number of nitrogens with zero attached hydrogens (tertiary/aromatic N) is 2. The van der Waals surface area contributed by atoms with Crippen molar-refractivity contribution in [3.63, 3.8) is 0 Å². The first kappa shape index (κ1) is 15.1. The predicted molar refractivity (Wildman–Crippen MR) is 76.5 cm³/mol. The van der Waals surface area contributed by atoms with Crippen LogP contribution in [0.15, 0.2) is 24.3 Å². The van der Waals surface area contributed by atoms with Gasteiger partial charge in [-0.2, -0.15) is 0 Å². The summed E-state index contributed by atoms with van der Waals surface area (Å²) in [6.07, 6.45) is -2.50. The van der Waals surface area contributed by atoms with E-state index in [1.807, 2.05) is 13.8 Å². The molecule has 20 heavy (non-hydrogen) atoms. The molecule has 2 rings (SSSR count). The Kier molecular flexibility index (Phi) is 4.55. The highest BCUT2D eigenvalue weighted by Crippen LogP contribution is 2.31. The van der Waals surface area contributed by atoms with E-state index in [4.69, 9.17) is 23.2 Å². The lowest BCUT2D eigenvalue weighted by molar-refractivity contribution is 0.151. The Morgan fingerprint density at radius 1 is 0.950 bits per heavy atom. The molecule has 2 aromatic rings. The minimum atomic E-state index is -2.50. The van der Waals surface area contributed by atoms with Crippen molar-refractivity contribution in [2.45, 2.75) is 26.2 Å². The smallest absolute Gasteiger partial charge is 0.216 e. The van der Waals surface area contributed by atoms with Gasteiger partial charge in [0.25, 0.3) is 6.43 Å². The van der Waals surface area contributed by atoms with Crippen molar-refractivity contribution in [3.05, 3.63) is 45.7 Å². The molecule has 0 atom stereocenters. The highest BCUT2D eigenvalue weighted by atomic mass is 35.5. The summed E-state index contributed by atoms with van der Waals surface area (Å²) in [4.78, 5) is 8.36. The summed E-state index contributed by atoms with van der Waals surface area (Å²) in [5, 5.41) is 0.570. The summed E-state index contributed by atoms with van der Waals surface area (Å²) in [5.41, 5.74) is 1.22. The van der Waals surface area contributed by atoms with Gasteiger partial charge in [-0.3, -0.25) is 0 Å². The minimum Gasteiger partial charge on any atom is -0.216 e. The van der Waals surface area contributed by atoms with E-state index in [1.165, 1.54) is 24.3 Å².